The second-order valence-electron chi connectivity index (χ2n) is 2.81. The van der Waals surface area contributed by atoms with Crippen LogP contribution in [0.2, 0.25) is 10.2 Å². The molecule has 3 rings (SSSR count). The Kier molecular flexibility index (Phi) is 3.72. The van der Waals surface area contributed by atoms with Crippen LogP contribution in [0.15, 0.2) is 18.0 Å². The molecule has 3 N–H and O–H groups in total. The summed E-state index contributed by atoms with van der Waals surface area (Å²) in [4.78, 5) is 14.4. The van der Waals surface area contributed by atoms with Gasteiger partial charge in [-0.1, -0.05) is 23.2 Å². The summed E-state index contributed by atoms with van der Waals surface area (Å²) in [5.74, 6) is 0.433. The van der Waals surface area contributed by atoms with E-state index in [1.807, 2.05) is 0 Å². The minimum atomic E-state index is 0.395. The number of aromatic amines is 1. The Morgan fingerprint density at radius 3 is 2.59 bits per heavy atom. The van der Waals surface area contributed by atoms with Crippen LogP contribution in [0.3, 0.4) is 0 Å². The van der Waals surface area contributed by atoms with Crippen molar-refractivity contribution >= 4 is 51.7 Å². The first-order valence-corrected chi connectivity index (χ1v) is 5.92. The fourth-order valence-electron chi connectivity index (χ4n) is 0.995. The molecular formula is C8H6Cl2N6S. The van der Waals surface area contributed by atoms with Crippen molar-refractivity contribution in [3.05, 3.63) is 28.2 Å². The lowest BCUT2D eigenvalue weighted by atomic mass is 10.5. The van der Waals surface area contributed by atoms with Crippen LogP contribution in [0.25, 0.3) is 11.2 Å². The van der Waals surface area contributed by atoms with Crippen LogP contribution in [0, 0.1) is 0 Å². The number of hydrogen-bond acceptors (Lipinski definition) is 6. The lowest BCUT2D eigenvalue weighted by Gasteiger charge is -1.89. The highest BCUT2D eigenvalue weighted by Crippen LogP contribution is 2.20. The van der Waals surface area contributed by atoms with Gasteiger partial charge in [0.1, 0.15) is 11.8 Å². The van der Waals surface area contributed by atoms with Gasteiger partial charge in [0.2, 0.25) is 0 Å². The first-order chi connectivity index (χ1) is 8.18. The zero-order valence-electron chi connectivity index (χ0n) is 8.26. The van der Waals surface area contributed by atoms with E-state index in [2.05, 4.69) is 24.3 Å². The maximum Gasteiger partial charge on any atom is 0.182 e. The molecule has 0 radical (unpaired) electrons. The molecule has 0 aromatic carbocycles. The third-order valence-electron chi connectivity index (χ3n) is 1.74. The Balaban J connectivity index is 0.000000136. The van der Waals surface area contributed by atoms with E-state index >= 15 is 0 Å². The van der Waals surface area contributed by atoms with E-state index in [0.29, 0.717) is 27.2 Å². The first kappa shape index (κ1) is 12.0. The summed E-state index contributed by atoms with van der Waals surface area (Å²) in [6, 6.07) is 0. The van der Waals surface area contributed by atoms with E-state index in [-0.39, 0.29) is 0 Å². The molecule has 17 heavy (non-hydrogen) atoms. The van der Waals surface area contributed by atoms with Crippen molar-refractivity contribution in [3.63, 3.8) is 0 Å². The van der Waals surface area contributed by atoms with Crippen LogP contribution >= 0.6 is 34.7 Å². The SMILES string of the molecule is Clc1csnc1Cl.Nc1ncnc2nc[nH]c12. The molecule has 0 spiro atoms. The molecule has 0 saturated heterocycles. The van der Waals surface area contributed by atoms with Crippen molar-refractivity contribution in [2.75, 3.05) is 5.73 Å². The largest absolute Gasteiger partial charge is 0.382 e. The Hall–Kier alpha value is -1.44. The van der Waals surface area contributed by atoms with Gasteiger partial charge in [-0.2, -0.15) is 4.37 Å². The Morgan fingerprint density at radius 2 is 2.06 bits per heavy atom. The van der Waals surface area contributed by atoms with Gasteiger partial charge in [0.05, 0.1) is 11.3 Å². The number of nitrogens with two attached hydrogens (primary N) is 1. The van der Waals surface area contributed by atoms with Gasteiger partial charge in [0.15, 0.2) is 16.6 Å². The number of aromatic nitrogens is 5. The van der Waals surface area contributed by atoms with E-state index in [4.69, 9.17) is 28.9 Å². The Bertz CT molecular complexity index is 605. The van der Waals surface area contributed by atoms with Gasteiger partial charge in [-0.05, 0) is 11.5 Å². The van der Waals surface area contributed by atoms with Gasteiger partial charge in [-0.3, -0.25) is 0 Å². The van der Waals surface area contributed by atoms with E-state index < -0.39 is 0 Å². The summed E-state index contributed by atoms with van der Waals surface area (Å²) in [6.45, 7) is 0. The molecule has 0 aliphatic heterocycles. The zero-order valence-corrected chi connectivity index (χ0v) is 10.6. The average Bonchev–Trinajstić information content (AvgIpc) is 2.91. The van der Waals surface area contributed by atoms with E-state index in [1.165, 1.54) is 24.2 Å². The highest BCUT2D eigenvalue weighted by atomic mass is 35.5. The van der Waals surface area contributed by atoms with Crippen molar-refractivity contribution in [3.8, 4) is 0 Å². The molecule has 0 amide bonds. The molecule has 0 atom stereocenters. The zero-order chi connectivity index (χ0) is 12.3. The summed E-state index contributed by atoms with van der Waals surface area (Å²) in [5, 5.41) is 2.61. The van der Waals surface area contributed by atoms with Gasteiger partial charge in [0, 0.05) is 5.38 Å². The molecule has 0 unspecified atom stereocenters. The minimum absolute atomic E-state index is 0.395. The molecule has 3 aromatic rings. The summed E-state index contributed by atoms with van der Waals surface area (Å²) in [6.07, 6.45) is 2.92. The molecule has 6 nitrogen and oxygen atoms in total. The summed E-state index contributed by atoms with van der Waals surface area (Å²) in [7, 11) is 0. The smallest absolute Gasteiger partial charge is 0.182 e. The van der Waals surface area contributed by atoms with Crippen LogP contribution in [0.4, 0.5) is 5.82 Å². The number of imidazole rings is 1. The fraction of sp³-hybridized carbons (Fsp3) is 0. The van der Waals surface area contributed by atoms with Crippen LogP contribution in [-0.4, -0.2) is 24.3 Å². The number of H-pyrrole nitrogens is 1. The van der Waals surface area contributed by atoms with Crippen molar-refractivity contribution in [1.82, 2.24) is 24.3 Å². The summed E-state index contributed by atoms with van der Waals surface area (Å²) >= 11 is 12.1. The maximum atomic E-state index is 5.48. The molecule has 0 aliphatic rings. The number of rotatable bonds is 0. The lowest BCUT2D eigenvalue weighted by Crippen LogP contribution is -1.91. The first-order valence-electron chi connectivity index (χ1n) is 4.33. The van der Waals surface area contributed by atoms with Crippen LogP contribution in [0.1, 0.15) is 0 Å². The van der Waals surface area contributed by atoms with Gasteiger partial charge in [-0.15, -0.1) is 0 Å². The van der Waals surface area contributed by atoms with Crippen molar-refractivity contribution < 1.29 is 0 Å². The van der Waals surface area contributed by atoms with Crippen LogP contribution in [0.5, 0.6) is 0 Å². The number of nitrogens with one attached hydrogen (secondary N) is 1. The summed E-state index contributed by atoms with van der Waals surface area (Å²) in [5.41, 5.74) is 6.78. The predicted octanol–water partition coefficient (Wildman–Crippen LogP) is 2.38. The monoisotopic (exact) mass is 288 g/mol. The third-order valence-corrected chi connectivity index (χ3v) is 3.27. The second-order valence-corrected chi connectivity index (χ2v) is 4.21. The predicted molar refractivity (Wildman–Crippen MR) is 68.2 cm³/mol. The van der Waals surface area contributed by atoms with Gasteiger partial charge < -0.3 is 10.7 Å². The Labute approximate surface area is 110 Å². The number of anilines is 1. The molecule has 9 heteroatoms. The molecule has 0 aliphatic carbocycles. The fourth-order valence-corrected chi connectivity index (χ4v) is 1.89. The van der Waals surface area contributed by atoms with Gasteiger partial charge in [0.25, 0.3) is 0 Å². The number of hydrogen-bond donors (Lipinski definition) is 2. The molecule has 0 fully saturated rings. The standard InChI is InChI=1S/C5H5N5.C3HCl2NS/c6-4-3-5(9-1-7-3)10-2-8-4;4-2-1-7-6-3(2)5/h1-2H,(H3,6,7,8,9,10);1H. The van der Waals surface area contributed by atoms with Gasteiger partial charge >= 0.3 is 0 Å². The van der Waals surface area contributed by atoms with Crippen molar-refractivity contribution in [2.24, 2.45) is 0 Å². The number of nitrogen functional groups attached to an aromatic ring is 1. The van der Waals surface area contributed by atoms with Crippen molar-refractivity contribution in [1.29, 1.82) is 0 Å². The third kappa shape index (κ3) is 2.82. The van der Waals surface area contributed by atoms with E-state index in [1.54, 1.807) is 5.38 Å². The topological polar surface area (TPSA) is 93.4 Å². The normalized spacial score (nSPS) is 10.0. The molecule has 88 valence electrons. The number of fused-ring (bicyclic) bond motifs is 1. The van der Waals surface area contributed by atoms with Gasteiger partial charge in [-0.25, -0.2) is 15.0 Å². The van der Waals surface area contributed by atoms with E-state index in [9.17, 15) is 0 Å². The number of nitrogens with zero attached hydrogens (tertiary/aromatic N) is 4. The molecule has 0 bridgehead atoms. The molecular weight excluding hydrogens is 283 g/mol. The highest BCUT2D eigenvalue weighted by Gasteiger charge is 1.99. The van der Waals surface area contributed by atoms with Crippen LogP contribution in [-0.2, 0) is 0 Å². The lowest BCUT2D eigenvalue weighted by molar-refractivity contribution is 1.21. The molecule has 3 aromatic heterocycles. The average molecular weight is 289 g/mol. The summed E-state index contributed by atoms with van der Waals surface area (Å²) < 4.78 is 3.69. The Morgan fingerprint density at radius 1 is 1.24 bits per heavy atom. The highest BCUT2D eigenvalue weighted by molar-refractivity contribution is 7.04. The molecule has 3 heterocycles. The maximum absolute atomic E-state index is 5.48. The van der Waals surface area contributed by atoms with E-state index in [0.717, 1.165) is 0 Å². The van der Waals surface area contributed by atoms with Crippen LogP contribution < -0.4 is 5.73 Å². The minimum Gasteiger partial charge on any atom is -0.382 e. The molecule has 0 saturated carbocycles. The second kappa shape index (κ2) is 5.26. The van der Waals surface area contributed by atoms with Crippen molar-refractivity contribution in [2.45, 2.75) is 0 Å². The quantitative estimate of drug-likeness (QED) is 0.662. The number of halogens is 2.